The van der Waals surface area contributed by atoms with Crippen LogP contribution in [0, 0.1) is 6.92 Å². The van der Waals surface area contributed by atoms with Crippen LogP contribution < -0.4 is 0 Å². The molecule has 2 aromatic carbocycles. The summed E-state index contributed by atoms with van der Waals surface area (Å²) in [7, 11) is 0. The Labute approximate surface area is 139 Å². The fourth-order valence-electron chi connectivity index (χ4n) is 2.79. The predicted octanol–water partition coefficient (Wildman–Crippen LogP) is 3.69. The molecule has 5 nitrogen and oxygen atoms in total. The van der Waals surface area contributed by atoms with Crippen LogP contribution >= 0.6 is 0 Å². The van der Waals surface area contributed by atoms with E-state index in [1.54, 1.807) is 12.1 Å². The minimum Gasteiger partial charge on any atom is -0.481 e. The number of carbonyl (C=O) groups excluding carboxylic acids is 1. The highest BCUT2D eigenvalue weighted by Gasteiger charge is 2.15. The van der Waals surface area contributed by atoms with Gasteiger partial charge >= 0.3 is 5.97 Å². The van der Waals surface area contributed by atoms with Crippen molar-refractivity contribution in [1.82, 2.24) is 9.55 Å². The third-order valence-electron chi connectivity index (χ3n) is 3.98. The Kier molecular flexibility index (Phi) is 4.16. The largest absolute Gasteiger partial charge is 0.481 e. The molecule has 0 radical (unpaired) electrons. The van der Waals surface area contributed by atoms with E-state index in [0.717, 1.165) is 22.5 Å². The lowest BCUT2D eigenvalue weighted by atomic mass is 10.1. The molecule has 0 aliphatic rings. The Morgan fingerprint density at radius 1 is 1.17 bits per heavy atom. The van der Waals surface area contributed by atoms with E-state index in [0.29, 0.717) is 17.6 Å². The van der Waals surface area contributed by atoms with Gasteiger partial charge in [0.2, 0.25) is 0 Å². The number of aromatic nitrogens is 2. The molecule has 1 heterocycles. The minimum absolute atomic E-state index is 0.0126. The summed E-state index contributed by atoms with van der Waals surface area (Å²) in [6.07, 6.45) is 0.0126. The molecule has 0 unspecified atom stereocenters. The molecule has 24 heavy (non-hydrogen) atoms. The van der Waals surface area contributed by atoms with Gasteiger partial charge in [-0.2, -0.15) is 0 Å². The number of fused-ring (bicyclic) bond motifs is 1. The van der Waals surface area contributed by atoms with Crippen LogP contribution in [-0.4, -0.2) is 26.4 Å². The monoisotopic (exact) mass is 322 g/mol. The summed E-state index contributed by atoms with van der Waals surface area (Å²) in [5.74, 6) is -0.155. The van der Waals surface area contributed by atoms with Crippen LogP contribution in [0.5, 0.6) is 0 Å². The zero-order chi connectivity index (χ0) is 17.3. The third kappa shape index (κ3) is 3.06. The Bertz CT molecular complexity index is 941. The second-order valence-corrected chi connectivity index (χ2v) is 5.86. The average Bonchev–Trinajstić information content (AvgIpc) is 2.90. The highest BCUT2D eigenvalue weighted by atomic mass is 16.4. The molecule has 0 aliphatic carbocycles. The molecule has 0 saturated carbocycles. The number of rotatable bonds is 5. The van der Waals surface area contributed by atoms with Crippen LogP contribution in [-0.2, 0) is 11.3 Å². The Morgan fingerprint density at radius 2 is 1.96 bits per heavy atom. The van der Waals surface area contributed by atoms with Crippen molar-refractivity contribution in [2.75, 3.05) is 0 Å². The molecule has 0 aliphatic heterocycles. The predicted molar refractivity (Wildman–Crippen MR) is 92.2 cm³/mol. The van der Waals surface area contributed by atoms with Gasteiger partial charge in [0.05, 0.1) is 17.5 Å². The smallest absolute Gasteiger partial charge is 0.305 e. The number of carbonyl (C=O) groups is 2. The van der Waals surface area contributed by atoms with Gasteiger partial charge in [-0.1, -0.05) is 23.8 Å². The highest BCUT2D eigenvalue weighted by Crippen LogP contribution is 2.26. The molecule has 1 N–H and O–H groups in total. The van der Waals surface area contributed by atoms with Crippen molar-refractivity contribution in [3.05, 3.63) is 53.6 Å². The van der Waals surface area contributed by atoms with Crippen molar-refractivity contribution in [3.63, 3.8) is 0 Å². The molecular formula is C19H18N2O3. The van der Waals surface area contributed by atoms with Crippen molar-refractivity contribution < 1.29 is 14.7 Å². The van der Waals surface area contributed by atoms with Gasteiger partial charge < -0.3 is 9.67 Å². The van der Waals surface area contributed by atoms with E-state index < -0.39 is 5.97 Å². The second-order valence-electron chi connectivity index (χ2n) is 5.86. The van der Waals surface area contributed by atoms with Crippen LogP contribution in [0.1, 0.15) is 29.3 Å². The van der Waals surface area contributed by atoms with E-state index in [2.05, 4.69) is 4.98 Å². The molecule has 0 saturated heterocycles. The SMILES string of the molecule is CC(=O)c1ccc2c(c1)nc(-c1cccc(C)c1)n2CCC(=O)O. The van der Waals surface area contributed by atoms with E-state index in [-0.39, 0.29) is 12.2 Å². The average molecular weight is 322 g/mol. The van der Waals surface area contributed by atoms with E-state index in [1.165, 1.54) is 6.92 Å². The number of carboxylic acid groups (broad SMARTS) is 1. The maximum absolute atomic E-state index is 11.6. The number of aryl methyl sites for hydroxylation is 2. The van der Waals surface area contributed by atoms with Crippen molar-refractivity contribution >= 4 is 22.8 Å². The molecule has 3 rings (SSSR count). The van der Waals surface area contributed by atoms with Crippen molar-refractivity contribution in [2.45, 2.75) is 26.8 Å². The number of imidazole rings is 1. The molecule has 5 heteroatoms. The number of Topliss-reactive ketones (excluding diaryl/α,β-unsaturated/α-hetero) is 1. The van der Waals surface area contributed by atoms with E-state index in [9.17, 15) is 9.59 Å². The molecule has 3 aromatic rings. The molecule has 0 bridgehead atoms. The molecule has 122 valence electrons. The number of carboxylic acids is 1. The number of aliphatic carboxylic acids is 1. The summed E-state index contributed by atoms with van der Waals surface area (Å²) in [6, 6.07) is 13.3. The van der Waals surface area contributed by atoms with Crippen molar-refractivity contribution in [1.29, 1.82) is 0 Å². The minimum atomic E-state index is -0.854. The molecule has 0 fully saturated rings. The summed E-state index contributed by atoms with van der Waals surface area (Å²) < 4.78 is 1.90. The standard InChI is InChI=1S/C19H18N2O3/c1-12-4-3-5-15(10-12)19-20-16-11-14(13(2)22)6-7-17(16)21(19)9-8-18(23)24/h3-7,10-11H,8-9H2,1-2H3,(H,23,24). The Hall–Kier alpha value is -2.95. The summed E-state index contributed by atoms with van der Waals surface area (Å²) in [5, 5.41) is 9.03. The summed E-state index contributed by atoms with van der Waals surface area (Å²) >= 11 is 0. The summed E-state index contributed by atoms with van der Waals surface area (Å²) in [6.45, 7) is 3.85. The first kappa shape index (κ1) is 15.9. The van der Waals surface area contributed by atoms with Gasteiger partial charge in [0.1, 0.15) is 5.82 Å². The molecular weight excluding hydrogens is 304 g/mol. The van der Waals surface area contributed by atoms with E-state index in [1.807, 2.05) is 41.8 Å². The van der Waals surface area contributed by atoms with Crippen molar-refractivity contribution in [3.8, 4) is 11.4 Å². The van der Waals surface area contributed by atoms with Crippen LogP contribution in [0.3, 0.4) is 0 Å². The lowest BCUT2D eigenvalue weighted by Crippen LogP contribution is -2.06. The maximum atomic E-state index is 11.6. The van der Waals surface area contributed by atoms with Gasteiger partial charge in [-0.25, -0.2) is 4.98 Å². The van der Waals surface area contributed by atoms with Crippen LogP contribution in [0.25, 0.3) is 22.4 Å². The first-order chi connectivity index (χ1) is 11.5. The fourth-order valence-corrected chi connectivity index (χ4v) is 2.79. The fraction of sp³-hybridized carbons (Fsp3) is 0.211. The van der Waals surface area contributed by atoms with Crippen LogP contribution in [0.4, 0.5) is 0 Å². The van der Waals surface area contributed by atoms with Gasteiger partial charge in [-0.05, 0) is 38.1 Å². The zero-order valence-corrected chi connectivity index (χ0v) is 13.6. The highest BCUT2D eigenvalue weighted by molar-refractivity contribution is 5.97. The lowest BCUT2D eigenvalue weighted by molar-refractivity contribution is -0.137. The number of benzene rings is 2. The maximum Gasteiger partial charge on any atom is 0.305 e. The number of nitrogens with zero attached hydrogens (tertiary/aromatic N) is 2. The molecule has 1 aromatic heterocycles. The Balaban J connectivity index is 2.19. The Morgan fingerprint density at radius 3 is 2.62 bits per heavy atom. The van der Waals surface area contributed by atoms with Gasteiger partial charge in [0.25, 0.3) is 0 Å². The van der Waals surface area contributed by atoms with Gasteiger partial charge in [-0.15, -0.1) is 0 Å². The van der Waals surface area contributed by atoms with E-state index >= 15 is 0 Å². The number of hydrogen-bond acceptors (Lipinski definition) is 3. The normalized spacial score (nSPS) is 10.9. The number of ketones is 1. The van der Waals surface area contributed by atoms with Crippen LogP contribution in [0.2, 0.25) is 0 Å². The second kappa shape index (κ2) is 6.28. The molecule has 0 spiro atoms. The van der Waals surface area contributed by atoms with Crippen LogP contribution in [0.15, 0.2) is 42.5 Å². The topological polar surface area (TPSA) is 72.2 Å². The molecule has 0 atom stereocenters. The van der Waals surface area contributed by atoms with Gasteiger partial charge in [-0.3, -0.25) is 9.59 Å². The first-order valence-electron chi connectivity index (χ1n) is 7.76. The molecule has 0 amide bonds. The number of hydrogen-bond donors (Lipinski definition) is 1. The lowest BCUT2D eigenvalue weighted by Gasteiger charge is -2.08. The van der Waals surface area contributed by atoms with E-state index in [4.69, 9.17) is 5.11 Å². The summed E-state index contributed by atoms with van der Waals surface area (Å²) in [5.41, 5.74) is 4.17. The first-order valence-corrected chi connectivity index (χ1v) is 7.76. The summed E-state index contributed by atoms with van der Waals surface area (Å²) in [4.78, 5) is 27.3. The zero-order valence-electron chi connectivity index (χ0n) is 13.6. The van der Waals surface area contributed by atoms with Gasteiger partial charge in [0, 0.05) is 17.7 Å². The van der Waals surface area contributed by atoms with Crippen molar-refractivity contribution in [2.24, 2.45) is 0 Å². The third-order valence-corrected chi connectivity index (χ3v) is 3.98. The quantitative estimate of drug-likeness (QED) is 0.727. The van der Waals surface area contributed by atoms with Gasteiger partial charge in [0.15, 0.2) is 5.78 Å².